The minimum Gasteiger partial charge on any atom is -0.354 e. The largest absolute Gasteiger partial charge is 0.354 e. The molecule has 182 valence electrons. The van der Waals surface area contributed by atoms with E-state index in [-0.39, 0.29) is 11.8 Å². The Bertz CT molecular complexity index is 1570. The van der Waals surface area contributed by atoms with Crippen LogP contribution < -0.4 is 10.6 Å². The molecule has 2 amide bonds. The van der Waals surface area contributed by atoms with Gasteiger partial charge >= 0.3 is 0 Å². The Morgan fingerprint density at radius 2 is 1.68 bits per heavy atom. The van der Waals surface area contributed by atoms with Gasteiger partial charge in [-0.3, -0.25) is 29.5 Å². The van der Waals surface area contributed by atoms with Crippen molar-refractivity contribution in [2.24, 2.45) is 0 Å². The van der Waals surface area contributed by atoms with Gasteiger partial charge in [-0.05, 0) is 67.8 Å². The van der Waals surface area contributed by atoms with Crippen LogP contribution in [-0.2, 0) is 5.41 Å². The molecule has 4 heterocycles. The fraction of sp³-hybridized carbons (Fsp3) is 0.179. The number of anilines is 1. The van der Waals surface area contributed by atoms with E-state index in [1.807, 2.05) is 25.1 Å². The van der Waals surface area contributed by atoms with Crippen molar-refractivity contribution in [1.29, 1.82) is 5.26 Å². The highest BCUT2D eigenvalue weighted by atomic mass is 16.2. The number of amides is 2. The Morgan fingerprint density at radius 3 is 2.43 bits per heavy atom. The lowest BCUT2D eigenvalue weighted by Gasteiger charge is -2.12. The monoisotopic (exact) mass is 489 g/mol. The van der Waals surface area contributed by atoms with Gasteiger partial charge in [0.25, 0.3) is 11.8 Å². The van der Waals surface area contributed by atoms with Crippen molar-refractivity contribution < 1.29 is 9.59 Å². The first kappa shape index (κ1) is 23.8. The molecule has 37 heavy (non-hydrogen) atoms. The summed E-state index contributed by atoms with van der Waals surface area (Å²) in [5.41, 5.74) is 5.25. The van der Waals surface area contributed by atoms with Gasteiger partial charge in [0.1, 0.15) is 5.69 Å². The zero-order chi connectivity index (χ0) is 26.0. The van der Waals surface area contributed by atoms with Gasteiger partial charge in [-0.1, -0.05) is 0 Å². The smallest absolute Gasteiger partial charge is 0.269 e. The number of aromatic nitrogens is 4. The maximum atomic E-state index is 13.0. The standard InChI is InChI=1S/C28H23N7O2/c1-17-22(18-3-8-31-23(11-18)19-4-9-32-24(12-19)27(37)30-2)14-21(15-34-17)35-26(36)20-5-10-33-25(13-20)28(16-29)6-7-28/h3-5,8-15H,6-7H2,1-2H3,(H,30,37)(H,35,36). The maximum absolute atomic E-state index is 13.0. The topological polar surface area (TPSA) is 134 Å². The Labute approximate surface area is 213 Å². The first-order chi connectivity index (χ1) is 17.9. The summed E-state index contributed by atoms with van der Waals surface area (Å²) in [6, 6.07) is 14.7. The van der Waals surface area contributed by atoms with E-state index in [1.54, 1.807) is 56.1 Å². The molecule has 4 aromatic heterocycles. The summed E-state index contributed by atoms with van der Waals surface area (Å²) in [6.07, 6.45) is 7.95. The molecule has 9 nitrogen and oxygen atoms in total. The lowest BCUT2D eigenvalue weighted by atomic mass is 10.0. The van der Waals surface area contributed by atoms with Gasteiger partial charge in [-0.15, -0.1) is 0 Å². The summed E-state index contributed by atoms with van der Waals surface area (Å²) < 4.78 is 0. The van der Waals surface area contributed by atoms with Gasteiger partial charge in [-0.25, -0.2) is 0 Å². The number of hydrogen-bond donors (Lipinski definition) is 2. The average Bonchev–Trinajstić information content (AvgIpc) is 3.75. The van der Waals surface area contributed by atoms with Crippen LogP contribution in [0.1, 0.15) is 45.1 Å². The molecule has 0 unspecified atom stereocenters. The van der Waals surface area contributed by atoms with Crippen molar-refractivity contribution in [1.82, 2.24) is 25.3 Å². The molecular formula is C28H23N7O2. The third-order valence-electron chi connectivity index (χ3n) is 6.41. The highest BCUT2D eigenvalue weighted by molar-refractivity contribution is 6.04. The quantitative estimate of drug-likeness (QED) is 0.417. The third-order valence-corrected chi connectivity index (χ3v) is 6.41. The molecule has 1 aliphatic rings. The zero-order valence-corrected chi connectivity index (χ0v) is 20.3. The van der Waals surface area contributed by atoms with E-state index in [0.29, 0.717) is 28.3 Å². The minimum absolute atomic E-state index is 0.275. The van der Waals surface area contributed by atoms with Gasteiger partial charge in [-0.2, -0.15) is 5.26 Å². The molecule has 1 fully saturated rings. The second-order valence-corrected chi connectivity index (χ2v) is 8.87. The minimum atomic E-state index is -0.566. The lowest BCUT2D eigenvalue weighted by molar-refractivity contribution is 0.0957. The number of nitrogens with one attached hydrogen (secondary N) is 2. The molecular weight excluding hydrogens is 466 g/mol. The molecule has 0 bridgehead atoms. The van der Waals surface area contributed by atoms with Gasteiger partial charge < -0.3 is 10.6 Å². The lowest BCUT2D eigenvalue weighted by Crippen LogP contribution is -2.19. The van der Waals surface area contributed by atoms with E-state index in [9.17, 15) is 14.9 Å². The number of hydrogen-bond acceptors (Lipinski definition) is 7. The molecule has 0 saturated heterocycles. The number of carbonyl (C=O) groups is 2. The summed E-state index contributed by atoms with van der Waals surface area (Å²) in [7, 11) is 1.56. The fourth-order valence-corrected chi connectivity index (χ4v) is 4.08. The van der Waals surface area contributed by atoms with Crippen LogP contribution in [0.25, 0.3) is 22.4 Å². The highest BCUT2D eigenvalue weighted by Gasteiger charge is 2.46. The van der Waals surface area contributed by atoms with Crippen LogP contribution >= 0.6 is 0 Å². The van der Waals surface area contributed by atoms with Crippen LogP contribution in [0.4, 0.5) is 5.69 Å². The first-order valence-corrected chi connectivity index (χ1v) is 11.7. The third kappa shape index (κ3) is 4.77. The van der Waals surface area contributed by atoms with E-state index in [4.69, 9.17) is 0 Å². The van der Waals surface area contributed by atoms with Crippen molar-refractivity contribution >= 4 is 17.5 Å². The number of nitriles is 1. The van der Waals surface area contributed by atoms with Crippen LogP contribution in [0.5, 0.6) is 0 Å². The number of nitrogens with zero attached hydrogens (tertiary/aromatic N) is 5. The number of aryl methyl sites for hydroxylation is 1. The normalized spacial score (nSPS) is 13.3. The summed E-state index contributed by atoms with van der Waals surface area (Å²) >= 11 is 0. The van der Waals surface area contributed by atoms with E-state index in [0.717, 1.165) is 35.2 Å². The SMILES string of the molecule is CNC(=O)c1cc(-c2cc(-c3cc(NC(=O)c4ccnc(C5(C#N)CC5)c4)cnc3C)ccn2)ccn1. The van der Waals surface area contributed by atoms with Crippen LogP contribution in [-0.4, -0.2) is 38.8 Å². The first-order valence-electron chi connectivity index (χ1n) is 11.7. The average molecular weight is 490 g/mol. The zero-order valence-electron chi connectivity index (χ0n) is 20.3. The second kappa shape index (κ2) is 9.59. The van der Waals surface area contributed by atoms with Gasteiger partial charge in [0.05, 0.1) is 34.8 Å². The van der Waals surface area contributed by atoms with Crippen molar-refractivity contribution in [2.45, 2.75) is 25.2 Å². The summed E-state index contributed by atoms with van der Waals surface area (Å²) in [5.74, 6) is -0.578. The molecule has 0 atom stereocenters. The van der Waals surface area contributed by atoms with Crippen molar-refractivity contribution in [2.75, 3.05) is 12.4 Å². The number of pyridine rings is 4. The molecule has 1 aliphatic carbocycles. The van der Waals surface area contributed by atoms with E-state index in [1.165, 1.54) is 0 Å². The molecule has 0 spiro atoms. The molecule has 1 saturated carbocycles. The van der Waals surface area contributed by atoms with Crippen LogP contribution in [0.2, 0.25) is 0 Å². The maximum Gasteiger partial charge on any atom is 0.269 e. The predicted molar refractivity (Wildman–Crippen MR) is 138 cm³/mol. The molecule has 0 aliphatic heterocycles. The van der Waals surface area contributed by atoms with Crippen LogP contribution in [0.3, 0.4) is 0 Å². The highest BCUT2D eigenvalue weighted by Crippen LogP contribution is 2.46. The Hall–Kier alpha value is -4.97. The van der Waals surface area contributed by atoms with Gasteiger partial charge in [0.2, 0.25) is 0 Å². The molecule has 5 rings (SSSR count). The van der Waals surface area contributed by atoms with Crippen molar-refractivity contribution in [3.63, 3.8) is 0 Å². The van der Waals surface area contributed by atoms with E-state index < -0.39 is 5.41 Å². The Kier molecular flexibility index (Phi) is 6.15. The Morgan fingerprint density at radius 1 is 0.919 bits per heavy atom. The molecule has 4 aromatic rings. The van der Waals surface area contributed by atoms with Crippen LogP contribution in [0.15, 0.2) is 67.3 Å². The number of carbonyl (C=O) groups excluding carboxylic acids is 2. The second-order valence-electron chi connectivity index (χ2n) is 8.87. The van der Waals surface area contributed by atoms with Gasteiger partial charge in [0.15, 0.2) is 0 Å². The summed E-state index contributed by atoms with van der Waals surface area (Å²) in [4.78, 5) is 42.3. The van der Waals surface area contributed by atoms with Crippen molar-refractivity contribution in [3.8, 4) is 28.5 Å². The molecule has 9 heteroatoms. The summed E-state index contributed by atoms with van der Waals surface area (Å²) in [5, 5.41) is 14.9. The fourth-order valence-electron chi connectivity index (χ4n) is 4.08. The summed E-state index contributed by atoms with van der Waals surface area (Å²) in [6.45, 7) is 1.89. The molecule has 0 radical (unpaired) electrons. The van der Waals surface area contributed by atoms with Gasteiger partial charge in [0, 0.05) is 48.0 Å². The molecule has 0 aromatic carbocycles. The van der Waals surface area contributed by atoms with Crippen molar-refractivity contribution in [3.05, 3.63) is 89.9 Å². The van der Waals surface area contributed by atoms with E-state index >= 15 is 0 Å². The molecule has 2 N–H and O–H groups in total. The number of rotatable bonds is 6. The van der Waals surface area contributed by atoms with E-state index in [2.05, 4.69) is 36.6 Å². The predicted octanol–water partition coefficient (Wildman–Crippen LogP) is 4.08. The van der Waals surface area contributed by atoms with Crippen LogP contribution in [0, 0.1) is 18.3 Å². The Balaban J connectivity index is 1.41.